The van der Waals surface area contributed by atoms with E-state index in [4.69, 9.17) is 5.73 Å². The van der Waals surface area contributed by atoms with E-state index in [1.54, 1.807) is 0 Å². The van der Waals surface area contributed by atoms with Crippen molar-refractivity contribution < 1.29 is 0 Å². The first-order valence-corrected chi connectivity index (χ1v) is 5.57. The molecule has 1 fully saturated rings. The third-order valence-electron chi connectivity index (χ3n) is 3.84. The van der Waals surface area contributed by atoms with Crippen LogP contribution in [0.3, 0.4) is 0 Å². The third kappa shape index (κ3) is 2.70. The summed E-state index contributed by atoms with van der Waals surface area (Å²) in [5.74, 6) is 0.834. The van der Waals surface area contributed by atoms with Gasteiger partial charge >= 0.3 is 0 Å². The van der Waals surface area contributed by atoms with Gasteiger partial charge in [0.25, 0.3) is 0 Å². The first-order valence-electron chi connectivity index (χ1n) is 5.57. The summed E-state index contributed by atoms with van der Waals surface area (Å²) in [6.45, 7) is 10.3. The van der Waals surface area contributed by atoms with Crippen LogP contribution in [0.15, 0.2) is 0 Å². The summed E-state index contributed by atoms with van der Waals surface area (Å²) in [6, 6.07) is 0. The van der Waals surface area contributed by atoms with Crippen molar-refractivity contribution in [3.63, 3.8) is 0 Å². The van der Waals surface area contributed by atoms with Gasteiger partial charge in [0.05, 0.1) is 0 Å². The highest BCUT2D eigenvalue weighted by Gasteiger charge is 2.35. The van der Waals surface area contributed by atoms with Gasteiger partial charge in [-0.2, -0.15) is 0 Å². The number of nitrogens with two attached hydrogens (primary N) is 1. The highest BCUT2D eigenvalue weighted by molar-refractivity contribution is 4.87. The van der Waals surface area contributed by atoms with Crippen LogP contribution in [0.25, 0.3) is 0 Å². The maximum absolute atomic E-state index is 5.83. The van der Waals surface area contributed by atoms with Crippen LogP contribution in [-0.2, 0) is 0 Å². The minimum atomic E-state index is 0.345. The molecule has 0 amide bonds. The highest BCUT2D eigenvalue weighted by atomic mass is 14.6. The van der Waals surface area contributed by atoms with Gasteiger partial charge in [0.1, 0.15) is 0 Å². The molecule has 0 aromatic rings. The molecule has 78 valence electrons. The smallest absolute Gasteiger partial charge is 0.00232 e. The number of hydrogen-bond acceptors (Lipinski definition) is 1. The second-order valence-electron chi connectivity index (χ2n) is 6.15. The highest BCUT2D eigenvalue weighted by Crippen LogP contribution is 2.45. The fourth-order valence-electron chi connectivity index (χ4n) is 2.53. The monoisotopic (exact) mass is 183 g/mol. The SMILES string of the molecule is CC1(C)CCCC(C(C)(C)CN)C1. The van der Waals surface area contributed by atoms with E-state index >= 15 is 0 Å². The molecule has 1 aliphatic carbocycles. The number of hydrogen-bond donors (Lipinski definition) is 1. The lowest BCUT2D eigenvalue weighted by molar-refractivity contribution is 0.0892. The molecule has 1 unspecified atom stereocenters. The topological polar surface area (TPSA) is 26.0 Å². The van der Waals surface area contributed by atoms with Crippen molar-refractivity contribution in [2.45, 2.75) is 53.4 Å². The van der Waals surface area contributed by atoms with E-state index in [0.29, 0.717) is 10.8 Å². The Labute approximate surface area is 83.1 Å². The van der Waals surface area contributed by atoms with Crippen molar-refractivity contribution in [2.75, 3.05) is 6.54 Å². The summed E-state index contributed by atoms with van der Waals surface area (Å²) in [7, 11) is 0. The second kappa shape index (κ2) is 3.61. The fourth-order valence-corrected chi connectivity index (χ4v) is 2.53. The molecular formula is C12H25N. The van der Waals surface area contributed by atoms with Crippen LogP contribution in [0, 0.1) is 16.7 Å². The Hall–Kier alpha value is -0.0400. The van der Waals surface area contributed by atoms with Crippen LogP contribution in [0.4, 0.5) is 0 Å². The molecule has 1 saturated carbocycles. The summed E-state index contributed by atoms with van der Waals surface area (Å²) in [5, 5.41) is 0. The van der Waals surface area contributed by atoms with E-state index in [2.05, 4.69) is 27.7 Å². The molecule has 0 aliphatic heterocycles. The van der Waals surface area contributed by atoms with Gasteiger partial charge in [-0.1, -0.05) is 34.1 Å². The molecule has 0 aromatic heterocycles. The Bertz CT molecular complexity index is 170. The van der Waals surface area contributed by atoms with Gasteiger partial charge in [0.2, 0.25) is 0 Å². The van der Waals surface area contributed by atoms with Crippen LogP contribution in [0.1, 0.15) is 53.4 Å². The Morgan fingerprint density at radius 1 is 1.38 bits per heavy atom. The molecule has 0 spiro atoms. The predicted octanol–water partition coefficient (Wildman–Crippen LogP) is 3.19. The molecule has 1 nitrogen and oxygen atoms in total. The second-order valence-corrected chi connectivity index (χ2v) is 6.15. The van der Waals surface area contributed by atoms with E-state index in [1.165, 1.54) is 25.7 Å². The zero-order chi connectivity index (χ0) is 10.1. The zero-order valence-corrected chi connectivity index (χ0v) is 9.69. The quantitative estimate of drug-likeness (QED) is 0.699. The molecule has 13 heavy (non-hydrogen) atoms. The van der Waals surface area contributed by atoms with Crippen molar-refractivity contribution in [2.24, 2.45) is 22.5 Å². The van der Waals surface area contributed by atoms with Gasteiger partial charge in [-0.05, 0) is 42.6 Å². The lowest BCUT2D eigenvalue weighted by atomic mass is 9.63. The minimum absolute atomic E-state index is 0.345. The van der Waals surface area contributed by atoms with Gasteiger partial charge in [-0.25, -0.2) is 0 Å². The summed E-state index contributed by atoms with van der Waals surface area (Å²) < 4.78 is 0. The van der Waals surface area contributed by atoms with E-state index in [9.17, 15) is 0 Å². The van der Waals surface area contributed by atoms with Crippen LogP contribution >= 0.6 is 0 Å². The average Bonchev–Trinajstić information content (AvgIpc) is 2.03. The van der Waals surface area contributed by atoms with Crippen molar-refractivity contribution in [3.05, 3.63) is 0 Å². The van der Waals surface area contributed by atoms with Crippen LogP contribution < -0.4 is 5.73 Å². The maximum atomic E-state index is 5.83. The zero-order valence-electron chi connectivity index (χ0n) is 9.69. The predicted molar refractivity (Wildman–Crippen MR) is 58.6 cm³/mol. The van der Waals surface area contributed by atoms with E-state index < -0.39 is 0 Å². The van der Waals surface area contributed by atoms with Gasteiger partial charge in [0, 0.05) is 0 Å². The Morgan fingerprint density at radius 2 is 2.00 bits per heavy atom. The largest absolute Gasteiger partial charge is 0.330 e. The molecular weight excluding hydrogens is 158 g/mol. The third-order valence-corrected chi connectivity index (χ3v) is 3.84. The van der Waals surface area contributed by atoms with Crippen molar-refractivity contribution in [3.8, 4) is 0 Å². The van der Waals surface area contributed by atoms with Crippen molar-refractivity contribution in [1.82, 2.24) is 0 Å². The Morgan fingerprint density at radius 3 is 2.46 bits per heavy atom. The first kappa shape index (κ1) is 11.0. The molecule has 1 atom stereocenters. The molecule has 0 aromatic carbocycles. The summed E-state index contributed by atoms with van der Waals surface area (Å²) >= 11 is 0. The fraction of sp³-hybridized carbons (Fsp3) is 1.00. The molecule has 1 rings (SSSR count). The van der Waals surface area contributed by atoms with E-state index in [0.717, 1.165) is 12.5 Å². The maximum Gasteiger partial charge on any atom is -0.00232 e. The van der Waals surface area contributed by atoms with E-state index in [1.807, 2.05) is 0 Å². The number of rotatable bonds is 2. The van der Waals surface area contributed by atoms with Crippen LogP contribution in [0.2, 0.25) is 0 Å². The van der Waals surface area contributed by atoms with Crippen molar-refractivity contribution >= 4 is 0 Å². The van der Waals surface area contributed by atoms with Gasteiger partial charge in [-0.15, -0.1) is 0 Å². The molecule has 0 radical (unpaired) electrons. The Balaban J connectivity index is 2.61. The molecule has 1 aliphatic rings. The van der Waals surface area contributed by atoms with Gasteiger partial charge in [0.15, 0.2) is 0 Å². The normalized spacial score (nSPS) is 28.8. The summed E-state index contributed by atoms with van der Waals surface area (Å²) in [4.78, 5) is 0. The standard InChI is InChI=1S/C12H25N/c1-11(2)7-5-6-10(8-11)12(3,4)9-13/h10H,5-9,13H2,1-4H3. The van der Waals surface area contributed by atoms with Gasteiger partial charge in [-0.3, -0.25) is 0 Å². The average molecular weight is 183 g/mol. The lowest BCUT2D eigenvalue weighted by Gasteiger charge is -2.43. The summed E-state index contributed by atoms with van der Waals surface area (Å²) in [6.07, 6.45) is 5.52. The minimum Gasteiger partial charge on any atom is -0.330 e. The summed E-state index contributed by atoms with van der Waals surface area (Å²) in [5.41, 5.74) is 6.72. The van der Waals surface area contributed by atoms with Crippen LogP contribution in [0.5, 0.6) is 0 Å². The lowest BCUT2D eigenvalue weighted by Crippen LogP contribution is -2.37. The van der Waals surface area contributed by atoms with Crippen molar-refractivity contribution in [1.29, 1.82) is 0 Å². The van der Waals surface area contributed by atoms with E-state index in [-0.39, 0.29) is 0 Å². The Kier molecular flexibility index (Phi) is 3.06. The molecule has 0 heterocycles. The van der Waals surface area contributed by atoms with Crippen LogP contribution in [-0.4, -0.2) is 6.54 Å². The molecule has 0 bridgehead atoms. The molecule has 0 saturated heterocycles. The van der Waals surface area contributed by atoms with Gasteiger partial charge < -0.3 is 5.73 Å². The molecule has 2 N–H and O–H groups in total. The first-order chi connectivity index (χ1) is 5.87. The molecule has 1 heteroatoms.